The fourth-order valence-corrected chi connectivity index (χ4v) is 4.30. The van der Waals surface area contributed by atoms with E-state index in [-0.39, 0.29) is 11.0 Å². The molecule has 0 aliphatic carbocycles. The number of hydrogen-bond acceptors (Lipinski definition) is 6. The van der Waals surface area contributed by atoms with Crippen molar-refractivity contribution in [3.63, 3.8) is 0 Å². The Kier molecular flexibility index (Phi) is 6.79. The number of hydrogen-bond donors (Lipinski definition) is 0. The molecule has 1 fully saturated rings. The van der Waals surface area contributed by atoms with Gasteiger partial charge in [-0.2, -0.15) is 0 Å². The van der Waals surface area contributed by atoms with Crippen molar-refractivity contribution in [2.45, 2.75) is 26.6 Å². The van der Waals surface area contributed by atoms with E-state index in [0.29, 0.717) is 17.9 Å². The Morgan fingerprint density at radius 1 is 1.00 bits per heavy atom. The standard InChI is InChI=1S/C26H23NO5S/c1-17(2)32-24(28)15-27-25(29)23(33-26(27)30)14-21-20-11-7-6-10-19(20)12-13-22(21)31-16-18-8-4-3-5-9-18/h3-14,17H,15-16H2,1-2H3/b23-14+. The Morgan fingerprint density at radius 2 is 1.73 bits per heavy atom. The zero-order chi connectivity index (χ0) is 23.4. The lowest BCUT2D eigenvalue weighted by molar-refractivity contribution is -0.149. The van der Waals surface area contributed by atoms with Gasteiger partial charge in [-0.3, -0.25) is 19.3 Å². The van der Waals surface area contributed by atoms with Crippen LogP contribution in [0.3, 0.4) is 0 Å². The second-order valence-electron chi connectivity index (χ2n) is 7.78. The molecule has 3 aromatic carbocycles. The summed E-state index contributed by atoms with van der Waals surface area (Å²) in [4.78, 5) is 38.5. The fraction of sp³-hybridized carbons (Fsp3) is 0.192. The van der Waals surface area contributed by atoms with Crippen molar-refractivity contribution in [3.05, 3.63) is 82.8 Å². The first-order chi connectivity index (χ1) is 15.9. The number of benzene rings is 3. The van der Waals surface area contributed by atoms with Gasteiger partial charge < -0.3 is 9.47 Å². The summed E-state index contributed by atoms with van der Waals surface area (Å²) in [5.74, 6) is -0.540. The minimum atomic E-state index is -0.620. The molecule has 1 heterocycles. The summed E-state index contributed by atoms with van der Waals surface area (Å²) in [6.07, 6.45) is 1.34. The molecular formula is C26H23NO5S. The van der Waals surface area contributed by atoms with Crippen LogP contribution in [0.4, 0.5) is 4.79 Å². The number of carbonyl (C=O) groups excluding carboxylic acids is 3. The van der Waals surface area contributed by atoms with Crippen LogP contribution in [0.2, 0.25) is 0 Å². The van der Waals surface area contributed by atoms with E-state index in [9.17, 15) is 14.4 Å². The molecule has 2 amide bonds. The van der Waals surface area contributed by atoms with Gasteiger partial charge in [0.2, 0.25) is 0 Å². The van der Waals surface area contributed by atoms with Crippen molar-refractivity contribution in [1.29, 1.82) is 0 Å². The second-order valence-corrected chi connectivity index (χ2v) is 8.77. The summed E-state index contributed by atoms with van der Waals surface area (Å²) in [5.41, 5.74) is 1.72. The third kappa shape index (κ3) is 5.26. The van der Waals surface area contributed by atoms with Crippen molar-refractivity contribution < 1.29 is 23.9 Å². The Morgan fingerprint density at radius 3 is 2.48 bits per heavy atom. The van der Waals surface area contributed by atoms with E-state index in [0.717, 1.165) is 33.0 Å². The molecule has 168 valence electrons. The minimum absolute atomic E-state index is 0.235. The minimum Gasteiger partial charge on any atom is -0.488 e. The van der Waals surface area contributed by atoms with E-state index >= 15 is 0 Å². The highest BCUT2D eigenvalue weighted by Crippen LogP contribution is 2.37. The third-order valence-corrected chi connectivity index (χ3v) is 5.88. The van der Waals surface area contributed by atoms with Crippen LogP contribution in [0.5, 0.6) is 5.75 Å². The first-order valence-corrected chi connectivity index (χ1v) is 11.4. The summed E-state index contributed by atoms with van der Waals surface area (Å²) in [7, 11) is 0. The molecule has 0 N–H and O–H groups in total. The molecule has 1 saturated heterocycles. The number of rotatable bonds is 7. The van der Waals surface area contributed by atoms with Crippen LogP contribution in [-0.2, 0) is 20.9 Å². The Balaban J connectivity index is 1.65. The summed E-state index contributed by atoms with van der Waals surface area (Å²) < 4.78 is 11.2. The number of nitrogens with zero attached hydrogens (tertiary/aromatic N) is 1. The topological polar surface area (TPSA) is 72.9 Å². The van der Waals surface area contributed by atoms with Gasteiger partial charge in [-0.05, 0) is 54.1 Å². The van der Waals surface area contributed by atoms with Gasteiger partial charge in [-0.25, -0.2) is 0 Å². The Labute approximate surface area is 196 Å². The van der Waals surface area contributed by atoms with Crippen molar-refractivity contribution in [3.8, 4) is 5.75 Å². The molecule has 0 unspecified atom stereocenters. The van der Waals surface area contributed by atoms with Crippen LogP contribution in [0.1, 0.15) is 25.0 Å². The van der Waals surface area contributed by atoms with E-state index < -0.39 is 23.7 Å². The van der Waals surface area contributed by atoms with Gasteiger partial charge in [0.1, 0.15) is 18.9 Å². The number of ether oxygens (including phenoxy) is 2. The van der Waals surface area contributed by atoms with Crippen molar-refractivity contribution in [2.24, 2.45) is 0 Å². The van der Waals surface area contributed by atoms with Gasteiger partial charge in [0.05, 0.1) is 11.0 Å². The van der Waals surface area contributed by atoms with Gasteiger partial charge in [0, 0.05) is 5.56 Å². The first-order valence-electron chi connectivity index (χ1n) is 10.6. The molecule has 1 aliphatic rings. The van der Waals surface area contributed by atoms with Gasteiger partial charge in [0.25, 0.3) is 11.1 Å². The number of carbonyl (C=O) groups is 3. The highest BCUT2D eigenvalue weighted by molar-refractivity contribution is 8.18. The number of imide groups is 1. The molecule has 0 radical (unpaired) electrons. The monoisotopic (exact) mass is 461 g/mol. The van der Waals surface area contributed by atoms with Crippen molar-refractivity contribution >= 4 is 45.7 Å². The van der Waals surface area contributed by atoms with E-state index in [2.05, 4.69) is 0 Å². The summed E-state index contributed by atoms with van der Waals surface area (Å²) >= 11 is 0.804. The molecule has 3 aromatic rings. The first kappa shape index (κ1) is 22.6. The van der Waals surface area contributed by atoms with E-state index in [1.165, 1.54) is 0 Å². The fourth-order valence-electron chi connectivity index (χ4n) is 3.48. The smallest absolute Gasteiger partial charge is 0.326 e. The largest absolute Gasteiger partial charge is 0.488 e. The normalized spacial score (nSPS) is 15.0. The molecule has 0 spiro atoms. The SMILES string of the molecule is CC(C)OC(=O)CN1C(=O)S/C(=C/c2c(OCc3ccccc3)ccc3ccccc23)C1=O. The van der Waals surface area contributed by atoms with Crippen LogP contribution in [0.25, 0.3) is 16.8 Å². The van der Waals surface area contributed by atoms with Crippen LogP contribution in [0, 0.1) is 0 Å². The zero-order valence-electron chi connectivity index (χ0n) is 18.3. The van der Waals surface area contributed by atoms with Crippen LogP contribution >= 0.6 is 11.8 Å². The van der Waals surface area contributed by atoms with E-state index in [4.69, 9.17) is 9.47 Å². The summed E-state index contributed by atoms with van der Waals surface area (Å²) in [6, 6.07) is 21.4. The predicted molar refractivity (Wildman–Crippen MR) is 129 cm³/mol. The molecule has 0 saturated carbocycles. The highest BCUT2D eigenvalue weighted by Gasteiger charge is 2.37. The summed E-state index contributed by atoms with van der Waals surface area (Å²) in [5, 5.41) is 1.38. The lowest BCUT2D eigenvalue weighted by Crippen LogP contribution is -2.35. The molecule has 0 atom stereocenters. The predicted octanol–water partition coefficient (Wildman–Crippen LogP) is 5.41. The number of esters is 1. The molecule has 6 nitrogen and oxygen atoms in total. The maximum atomic E-state index is 12.9. The lowest BCUT2D eigenvalue weighted by atomic mass is 10.0. The van der Waals surface area contributed by atoms with Crippen LogP contribution in [-0.4, -0.2) is 34.7 Å². The zero-order valence-corrected chi connectivity index (χ0v) is 19.1. The van der Waals surface area contributed by atoms with E-state index in [1.54, 1.807) is 19.9 Å². The molecule has 7 heteroatoms. The van der Waals surface area contributed by atoms with Crippen LogP contribution in [0.15, 0.2) is 71.6 Å². The van der Waals surface area contributed by atoms with Gasteiger partial charge >= 0.3 is 5.97 Å². The third-order valence-electron chi connectivity index (χ3n) is 4.97. The quantitative estimate of drug-likeness (QED) is 0.346. The summed E-state index contributed by atoms with van der Waals surface area (Å²) in [6.45, 7) is 3.38. The van der Waals surface area contributed by atoms with Gasteiger partial charge in [-0.1, -0.05) is 60.7 Å². The van der Waals surface area contributed by atoms with Crippen LogP contribution < -0.4 is 4.74 Å². The van der Waals surface area contributed by atoms with Gasteiger partial charge in [-0.15, -0.1) is 0 Å². The second kappa shape index (κ2) is 9.92. The molecule has 33 heavy (non-hydrogen) atoms. The number of amides is 2. The maximum Gasteiger partial charge on any atom is 0.326 e. The molecule has 0 bridgehead atoms. The number of thioether (sulfide) groups is 1. The molecule has 0 aromatic heterocycles. The number of fused-ring (bicyclic) bond motifs is 1. The average Bonchev–Trinajstić information content (AvgIpc) is 3.06. The van der Waals surface area contributed by atoms with Crippen molar-refractivity contribution in [2.75, 3.05) is 6.54 Å². The molecular weight excluding hydrogens is 438 g/mol. The highest BCUT2D eigenvalue weighted by atomic mass is 32.2. The van der Waals surface area contributed by atoms with Crippen molar-refractivity contribution in [1.82, 2.24) is 4.90 Å². The maximum absolute atomic E-state index is 12.9. The van der Waals surface area contributed by atoms with E-state index in [1.807, 2.05) is 66.7 Å². The Hall–Kier alpha value is -3.58. The van der Waals surface area contributed by atoms with Gasteiger partial charge in [0.15, 0.2) is 0 Å². The molecule has 1 aliphatic heterocycles. The average molecular weight is 462 g/mol. The lowest BCUT2D eigenvalue weighted by Gasteiger charge is -2.14. The molecule has 4 rings (SSSR count). The Bertz CT molecular complexity index is 1240.